The average molecular weight is 232 g/mol. The number of nitrogens with one attached hydrogen (secondary N) is 1. The Morgan fingerprint density at radius 2 is 2.06 bits per heavy atom. The van der Waals surface area contributed by atoms with E-state index in [-0.39, 0.29) is 23.6 Å². The van der Waals surface area contributed by atoms with Gasteiger partial charge in [-0.1, -0.05) is 0 Å². The van der Waals surface area contributed by atoms with Gasteiger partial charge in [-0.25, -0.2) is 0 Å². The van der Waals surface area contributed by atoms with Crippen LogP contribution in [0.2, 0.25) is 0 Å². The molecule has 0 saturated heterocycles. The maximum Gasteiger partial charge on any atom is 0.416 e. The third-order valence-corrected chi connectivity index (χ3v) is 2.02. The highest BCUT2D eigenvalue weighted by Gasteiger charge is 2.31. The molecule has 0 aliphatic carbocycles. The molecule has 1 aromatic carbocycles. The molecule has 3 N–H and O–H groups in total. The number of benzene rings is 1. The second-order valence-electron chi connectivity index (χ2n) is 3.25. The lowest BCUT2D eigenvalue weighted by molar-refractivity contribution is -0.137. The fourth-order valence-corrected chi connectivity index (χ4v) is 1.25. The first-order valence-electron chi connectivity index (χ1n) is 4.50. The lowest BCUT2D eigenvalue weighted by Gasteiger charge is -2.10. The van der Waals surface area contributed by atoms with Crippen molar-refractivity contribution in [1.82, 2.24) is 5.32 Å². The summed E-state index contributed by atoms with van der Waals surface area (Å²) in [4.78, 5) is 11.4. The van der Waals surface area contributed by atoms with Crippen molar-refractivity contribution in [2.45, 2.75) is 6.18 Å². The minimum atomic E-state index is -4.45. The Bertz CT molecular complexity index is 402. The number of ketones is 1. The van der Waals surface area contributed by atoms with Gasteiger partial charge in [0.15, 0.2) is 5.78 Å². The molecule has 0 unspecified atom stereocenters. The second-order valence-corrected chi connectivity index (χ2v) is 3.25. The first-order chi connectivity index (χ1) is 7.36. The van der Waals surface area contributed by atoms with E-state index in [1.165, 1.54) is 0 Å². The topological polar surface area (TPSA) is 55.1 Å². The maximum atomic E-state index is 12.3. The van der Waals surface area contributed by atoms with E-state index in [0.29, 0.717) is 0 Å². The lowest BCUT2D eigenvalue weighted by atomic mass is 10.1. The molecule has 3 nitrogen and oxygen atoms in total. The van der Waals surface area contributed by atoms with Gasteiger partial charge in [0.2, 0.25) is 0 Å². The molecule has 0 bridgehead atoms. The van der Waals surface area contributed by atoms with Gasteiger partial charge in [0.05, 0.1) is 12.1 Å². The van der Waals surface area contributed by atoms with Gasteiger partial charge in [-0.05, 0) is 25.2 Å². The monoisotopic (exact) mass is 232 g/mol. The zero-order chi connectivity index (χ0) is 12.3. The van der Waals surface area contributed by atoms with Gasteiger partial charge in [-0.3, -0.25) is 4.79 Å². The van der Waals surface area contributed by atoms with E-state index in [9.17, 15) is 18.0 Å². The summed E-state index contributed by atoms with van der Waals surface area (Å²) in [5.74, 6) is -0.339. The van der Waals surface area contributed by atoms with Crippen LogP contribution < -0.4 is 11.1 Å². The van der Waals surface area contributed by atoms with Crippen LogP contribution in [0.15, 0.2) is 18.2 Å². The molecule has 0 saturated carbocycles. The molecule has 0 aliphatic rings. The highest BCUT2D eigenvalue weighted by atomic mass is 19.4. The minimum Gasteiger partial charge on any atom is -0.398 e. The van der Waals surface area contributed by atoms with Gasteiger partial charge in [0.1, 0.15) is 0 Å². The lowest BCUT2D eigenvalue weighted by Crippen LogP contribution is -2.20. The van der Waals surface area contributed by atoms with Crippen LogP contribution in [-0.2, 0) is 6.18 Å². The van der Waals surface area contributed by atoms with Crippen LogP contribution in [0.4, 0.5) is 18.9 Å². The van der Waals surface area contributed by atoms with Crippen molar-refractivity contribution >= 4 is 11.5 Å². The number of Topliss-reactive ketones (excluding diaryl/α,β-unsaturated/α-hetero) is 1. The Balaban J connectivity index is 3.05. The number of anilines is 1. The third-order valence-electron chi connectivity index (χ3n) is 2.02. The van der Waals surface area contributed by atoms with E-state index in [1.54, 1.807) is 7.05 Å². The largest absolute Gasteiger partial charge is 0.416 e. The Labute approximate surface area is 90.4 Å². The summed E-state index contributed by atoms with van der Waals surface area (Å²) in [6.45, 7) is 0.0373. The van der Waals surface area contributed by atoms with Crippen molar-refractivity contribution in [1.29, 1.82) is 0 Å². The zero-order valence-corrected chi connectivity index (χ0v) is 8.56. The highest BCUT2D eigenvalue weighted by molar-refractivity contribution is 6.02. The number of nitrogens with two attached hydrogens (primary N) is 1. The summed E-state index contributed by atoms with van der Waals surface area (Å²) >= 11 is 0. The molecule has 0 fully saturated rings. The van der Waals surface area contributed by atoms with Crippen molar-refractivity contribution in [2.75, 3.05) is 19.3 Å². The number of halogens is 3. The van der Waals surface area contributed by atoms with Crippen LogP contribution in [0.25, 0.3) is 0 Å². The summed E-state index contributed by atoms with van der Waals surface area (Å²) in [5, 5.41) is 2.61. The molecule has 1 aromatic rings. The van der Waals surface area contributed by atoms with Crippen LogP contribution in [0.5, 0.6) is 0 Å². The van der Waals surface area contributed by atoms with Gasteiger partial charge >= 0.3 is 6.18 Å². The van der Waals surface area contributed by atoms with Gasteiger partial charge in [0.25, 0.3) is 0 Å². The van der Waals surface area contributed by atoms with Crippen LogP contribution in [0.1, 0.15) is 15.9 Å². The number of carbonyl (C=O) groups is 1. The first kappa shape index (κ1) is 12.5. The van der Waals surface area contributed by atoms with Gasteiger partial charge < -0.3 is 11.1 Å². The van der Waals surface area contributed by atoms with Crippen molar-refractivity contribution in [3.63, 3.8) is 0 Å². The van der Waals surface area contributed by atoms with Crippen LogP contribution >= 0.6 is 0 Å². The van der Waals surface area contributed by atoms with Crippen molar-refractivity contribution < 1.29 is 18.0 Å². The van der Waals surface area contributed by atoms with E-state index in [0.717, 1.165) is 18.2 Å². The number of alkyl halides is 3. The molecule has 0 radical (unpaired) electrons. The van der Waals surface area contributed by atoms with Crippen molar-refractivity contribution in [3.05, 3.63) is 29.3 Å². The molecular weight excluding hydrogens is 221 g/mol. The SMILES string of the molecule is CNCC(=O)c1ccc(C(F)(F)F)cc1N. The van der Waals surface area contributed by atoms with Gasteiger partial charge in [0, 0.05) is 11.3 Å². The van der Waals surface area contributed by atoms with Crippen molar-refractivity contribution in [2.24, 2.45) is 0 Å². The predicted molar refractivity (Wildman–Crippen MR) is 54.1 cm³/mol. The Hall–Kier alpha value is -1.56. The number of carbonyl (C=O) groups excluding carboxylic acids is 1. The molecule has 0 atom stereocenters. The number of nitrogen functional groups attached to an aromatic ring is 1. The normalized spacial score (nSPS) is 11.5. The predicted octanol–water partition coefficient (Wildman–Crippen LogP) is 1.69. The van der Waals surface area contributed by atoms with E-state index < -0.39 is 11.7 Å². The van der Waals surface area contributed by atoms with E-state index in [2.05, 4.69) is 5.32 Å². The van der Waals surface area contributed by atoms with E-state index in [4.69, 9.17) is 5.73 Å². The Morgan fingerprint density at radius 3 is 2.50 bits per heavy atom. The first-order valence-corrected chi connectivity index (χ1v) is 4.50. The van der Waals surface area contributed by atoms with Crippen molar-refractivity contribution in [3.8, 4) is 0 Å². The van der Waals surface area contributed by atoms with Crippen LogP contribution in [-0.4, -0.2) is 19.4 Å². The molecule has 16 heavy (non-hydrogen) atoms. The zero-order valence-electron chi connectivity index (χ0n) is 8.56. The molecule has 0 aliphatic heterocycles. The molecule has 0 amide bonds. The molecule has 0 aromatic heterocycles. The molecule has 1 rings (SSSR count). The number of likely N-dealkylation sites (N-methyl/N-ethyl adjacent to an activating group) is 1. The Kier molecular flexibility index (Phi) is 3.54. The number of hydrogen-bond acceptors (Lipinski definition) is 3. The van der Waals surface area contributed by atoms with E-state index in [1.807, 2.05) is 0 Å². The van der Waals surface area contributed by atoms with Crippen LogP contribution in [0.3, 0.4) is 0 Å². The molecule has 0 spiro atoms. The fourth-order valence-electron chi connectivity index (χ4n) is 1.25. The average Bonchev–Trinajstić information content (AvgIpc) is 2.16. The molecule has 88 valence electrons. The van der Waals surface area contributed by atoms with Crippen LogP contribution in [0, 0.1) is 0 Å². The number of rotatable bonds is 3. The summed E-state index contributed by atoms with van der Waals surface area (Å²) in [7, 11) is 1.57. The molecule has 0 heterocycles. The highest BCUT2D eigenvalue weighted by Crippen LogP contribution is 2.31. The maximum absolute atomic E-state index is 12.3. The Morgan fingerprint density at radius 1 is 1.44 bits per heavy atom. The summed E-state index contributed by atoms with van der Waals surface area (Å²) in [6, 6.07) is 2.71. The fraction of sp³-hybridized carbons (Fsp3) is 0.300. The summed E-state index contributed by atoms with van der Waals surface area (Å²) < 4.78 is 36.9. The summed E-state index contributed by atoms with van der Waals surface area (Å²) in [5.41, 5.74) is 4.49. The smallest absolute Gasteiger partial charge is 0.398 e. The minimum absolute atomic E-state index is 0.0373. The second kappa shape index (κ2) is 4.52. The quantitative estimate of drug-likeness (QED) is 0.616. The summed E-state index contributed by atoms with van der Waals surface area (Å²) in [6.07, 6.45) is -4.45. The van der Waals surface area contributed by atoms with Gasteiger partial charge in [-0.15, -0.1) is 0 Å². The number of hydrogen-bond donors (Lipinski definition) is 2. The standard InChI is InChI=1S/C10H11F3N2O/c1-15-5-9(16)7-3-2-6(4-8(7)14)10(11,12)13/h2-4,15H,5,14H2,1H3. The third kappa shape index (κ3) is 2.73. The van der Waals surface area contributed by atoms with Gasteiger partial charge in [-0.2, -0.15) is 13.2 Å². The molecular formula is C10H11F3N2O. The van der Waals surface area contributed by atoms with E-state index >= 15 is 0 Å². The molecule has 6 heteroatoms.